The van der Waals surface area contributed by atoms with Crippen molar-refractivity contribution < 1.29 is 9.59 Å². The molecule has 2 N–H and O–H groups in total. The highest BCUT2D eigenvalue weighted by Crippen LogP contribution is 2.28. The Morgan fingerprint density at radius 2 is 1.93 bits per heavy atom. The number of rotatable bonds is 5. The van der Waals surface area contributed by atoms with Crippen molar-refractivity contribution in [2.75, 3.05) is 10.6 Å². The molecule has 0 fully saturated rings. The lowest BCUT2D eigenvalue weighted by Gasteiger charge is -2.22. The highest BCUT2D eigenvalue weighted by molar-refractivity contribution is 7.98. The number of aromatic nitrogens is 5. The third-order valence-electron chi connectivity index (χ3n) is 4.27. The van der Waals surface area contributed by atoms with Crippen molar-refractivity contribution in [1.29, 1.82) is 0 Å². The Balaban J connectivity index is 1.52. The van der Waals surface area contributed by atoms with Gasteiger partial charge >= 0.3 is 0 Å². The summed E-state index contributed by atoms with van der Waals surface area (Å²) in [5.41, 5.74) is 2.63. The van der Waals surface area contributed by atoms with Gasteiger partial charge in [-0.15, -0.1) is 5.10 Å². The van der Waals surface area contributed by atoms with Crippen molar-refractivity contribution in [2.45, 2.75) is 37.2 Å². The fourth-order valence-corrected chi connectivity index (χ4v) is 3.79. The SMILES string of the molecule is Cc1cc(C)nc(NC(=O)[C@@H]2CC(=O)Nc3nc(SCc4ccccc4)nn32)n1. The minimum atomic E-state index is -0.818. The van der Waals surface area contributed by atoms with E-state index in [0.717, 1.165) is 17.0 Å². The van der Waals surface area contributed by atoms with Crippen molar-refractivity contribution in [3.63, 3.8) is 0 Å². The Kier molecular flexibility index (Phi) is 5.26. The van der Waals surface area contributed by atoms with E-state index in [1.54, 1.807) is 0 Å². The molecule has 3 heterocycles. The third kappa shape index (κ3) is 4.43. The Labute approximate surface area is 171 Å². The number of hydrogen-bond donors (Lipinski definition) is 2. The van der Waals surface area contributed by atoms with Crippen LogP contribution in [0.5, 0.6) is 0 Å². The number of carbonyl (C=O) groups is 2. The molecule has 4 rings (SSSR count). The van der Waals surface area contributed by atoms with E-state index in [-0.39, 0.29) is 24.2 Å². The first-order valence-corrected chi connectivity index (χ1v) is 10.0. The van der Waals surface area contributed by atoms with E-state index >= 15 is 0 Å². The average molecular weight is 409 g/mol. The van der Waals surface area contributed by atoms with E-state index in [2.05, 4.69) is 30.7 Å². The Morgan fingerprint density at radius 1 is 1.21 bits per heavy atom. The van der Waals surface area contributed by atoms with Crippen LogP contribution in [0.15, 0.2) is 41.6 Å². The average Bonchev–Trinajstić information content (AvgIpc) is 3.08. The zero-order valence-corrected chi connectivity index (χ0v) is 16.7. The van der Waals surface area contributed by atoms with E-state index < -0.39 is 11.9 Å². The number of anilines is 2. The van der Waals surface area contributed by atoms with Gasteiger partial charge in [0.05, 0.1) is 6.42 Å². The van der Waals surface area contributed by atoms with Crippen LogP contribution in [0.1, 0.15) is 29.4 Å². The number of nitrogens with zero attached hydrogens (tertiary/aromatic N) is 5. The first-order valence-electron chi connectivity index (χ1n) is 9.04. The molecule has 1 aliphatic rings. The van der Waals surface area contributed by atoms with Gasteiger partial charge in [-0.25, -0.2) is 14.6 Å². The number of nitrogens with one attached hydrogen (secondary N) is 2. The summed E-state index contributed by atoms with van der Waals surface area (Å²) in [6.07, 6.45) is -0.0320. The zero-order chi connectivity index (χ0) is 20.4. The minimum absolute atomic E-state index is 0.0320. The fraction of sp³-hybridized carbons (Fsp3) is 0.263. The standard InChI is InChI=1S/C19H19N7O2S/c1-11-8-12(2)21-17(20-11)23-16(28)14-9-15(27)22-18-24-19(25-26(14)18)29-10-13-6-4-3-5-7-13/h3-8,14H,9-10H2,1-2H3,(H,20,21,23,28)(H,22,24,25,27)/t14-/m0/s1. The zero-order valence-electron chi connectivity index (χ0n) is 15.9. The summed E-state index contributed by atoms with van der Waals surface area (Å²) in [7, 11) is 0. The van der Waals surface area contributed by atoms with Gasteiger partial charge in [0.2, 0.25) is 23.0 Å². The Bertz CT molecular complexity index is 1050. The van der Waals surface area contributed by atoms with Crippen LogP contribution in [0.2, 0.25) is 0 Å². The van der Waals surface area contributed by atoms with Crippen molar-refractivity contribution in [2.24, 2.45) is 0 Å². The highest BCUT2D eigenvalue weighted by atomic mass is 32.2. The minimum Gasteiger partial charge on any atom is -0.295 e. The van der Waals surface area contributed by atoms with Gasteiger partial charge in [0, 0.05) is 17.1 Å². The summed E-state index contributed by atoms with van der Waals surface area (Å²) in [6.45, 7) is 3.65. The molecule has 3 aromatic rings. The van der Waals surface area contributed by atoms with E-state index in [1.807, 2.05) is 50.2 Å². The Morgan fingerprint density at radius 3 is 2.66 bits per heavy atom. The molecule has 0 radical (unpaired) electrons. The number of benzene rings is 1. The molecule has 0 unspecified atom stereocenters. The molecule has 148 valence electrons. The lowest BCUT2D eigenvalue weighted by Crippen LogP contribution is -2.36. The molecule has 9 nitrogen and oxygen atoms in total. The van der Waals surface area contributed by atoms with Gasteiger partial charge in [-0.3, -0.25) is 20.2 Å². The second-order valence-electron chi connectivity index (χ2n) is 6.67. The van der Waals surface area contributed by atoms with E-state index in [1.165, 1.54) is 16.4 Å². The molecule has 1 atom stereocenters. The quantitative estimate of drug-likeness (QED) is 0.622. The molecule has 2 amide bonds. The van der Waals surface area contributed by atoms with Crippen LogP contribution in [0, 0.1) is 13.8 Å². The molecule has 2 aromatic heterocycles. The second kappa shape index (κ2) is 8.00. The lowest BCUT2D eigenvalue weighted by atomic mass is 10.1. The van der Waals surface area contributed by atoms with Crippen LogP contribution in [0.25, 0.3) is 0 Å². The van der Waals surface area contributed by atoms with E-state index in [0.29, 0.717) is 10.9 Å². The van der Waals surface area contributed by atoms with Crippen LogP contribution in [-0.2, 0) is 15.3 Å². The molecule has 1 aliphatic heterocycles. The monoisotopic (exact) mass is 409 g/mol. The molecular formula is C19H19N7O2S. The normalized spacial score (nSPS) is 15.5. The van der Waals surface area contributed by atoms with Crippen LogP contribution in [0.4, 0.5) is 11.9 Å². The number of thioether (sulfide) groups is 1. The van der Waals surface area contributed by atoms with Crippen molar-refractivity contribution in [3.8, 4) is 0 Å². The van der Waals surface area contributed by atoms with Crippen molar-refractivity contribution in [3.05, 3.63) is 53.3 Å². The molecule has 1 aromatic carbocycles. The number of fused-ring (bicyclic) bond motifs is 1. The van der Waals surface area contributed by atoms with E-state index in [4.69, 9.17) is 0 Å². The van der Waals surface area contributed by atoms with Gasteiger partial charge in [0.15, 0.2) is 0 Å². The first kappa shape index (κ1) is 19.1. The maximum absolute atomic E-state index is 12.8. The highest BCUT2D eigenvalue weighted by Gasteiger charge is 2.33. The summed E-state index contributed by atoms with van der Waals surface area (Å²) in [6, 6.07) is 10.9. The van der Waals surface area contributed by atoms with Crippen LogP contribution >= 0.6 is 11.8 Å². The fourth-order valence-electron chi connectivity index (χ4n) is 3.01. The summed E-state index contributed by atoms with van der Waals surface area (Å²) in [5, 5.41) is 10.3. The third-order valence-corrected chi connectivity index (χ3v) is 5.18. The smallest absolute Gasteiger partial charge is 0.252 e. The van der Waals surface area contributed by atoms with Gasteiger partial charge < -0.3 is 0 Å². The number of hydrogen-bond acceptors (Lipinski definition) is 7. The number of amides is 2. The number of carbonyl (C=O) groups excluding carboxylic acids is 2. The van der Waals surface area contributed by atoms with Gasteiger partial charge in [0.1, 0.15) is 6.04 Å². The van der Waals surface area contributed by atoms with Gasteiger partial charge in [-0.2, -0.15) is 4.98 Å². The summed E-state index contributed by atoms with van der Waals surface area (Å²) in [5.74, 6) is 0.463. The molecule has 0 aliphatic carbocycles. The molecule has 29 heavy (non-hydrogen) atoms. The van der Waals surface area contributed by atoms with Crippen molar-refractivity contribution >= 4 is 35.5 Å². The predicted octanol–water partition coefficient (Wildman–Crippen LogP) is 2.50. The molecule has 0 bridgehead atoms. The van der Waals surface area contributed by atoms with Crippen LogP contribution in [-0.4, -0.2) is 36.5 Å². The molecule has 0 spiro atoms. The van der Waals surface area contributed by atoms with Crippen LogP contribution in [0.3, 0.4) is 0 Å². The maximum atomic E-state index is 12.8. The molecule has 0 saturated heterocycles. The first-order chi connectivity index (χ1) is 14.0. The second-order valence-corrected chi connectivity index (χ2v) is 7.61. The molecular weight excluding hydrogens is 390 g/mol. The van der Waals surface area contributed by atoms with E-state index in [9.17, 15) is 9.59 Å². The van der Waals surface area contributed by atoms with Gasteiger partial charge in [-0.1, -0.05) is 42.1 Å². The number of aryl methyl sites for hydroxylation is 2. The maximum Gasteiger partial charge on any atom is 0.252 e. The predicted molar refractivity (Wildman–Crippen MR) is 108 cm³/mol. The van der Waals surface area contributed by atoms with Gasteiger partial charge in [0.25, 0.3) is 5.91 Å². The lowest BCUT2D eigenvalue weighted by molar-refractivity contribution is -0.125. The summed E-state index contributed by atoms with van der Waals surface area (Å²) >= 11 is 1.44. The summed E-state index contributed by atoms with van der Waals surface area (Å²) < 4.78 is 1.45. The van der Waals surface area contributed by atoms with Crippen molar-refractivity contribution in [1.82, 2.24) is 24.7 Å². The molecule has 10 heteroatoms. The Hall–Kier alpha value is -3.27. The topological polar surface area (TPSA) is 115 Å². The van der Waals surface area contributed by atoms with Crippen LogP contribution < -0.4 is 10.6 Å². The van der Waals surface area contributed by atoms with Gasteiger partial charge in [-0.05, 0) is 25.5 Å². The summed E-state index contributed by atoms with van der Waals surface area (Å²) in [4.78, 5) is 37.7. The molecule has 0 saturated carbocycles. The largest absolute Gasteiger partial charge is 0.295 e.